The second kappa shape index (κ2) is 4.77. The first-order valence-corrected chi connectivity index (χ1v) is 6.31. The van der Waals surface area contributed by atoms with Gasteiger partial charge in [0.15, 0.2) is 0 Å². The largest absolute Gasteiger partial charge is 0.484 e. The number of ether oxygens (including phenoxy) is 1. The van der Waals surface area contributed by atoms with E-state index in [1.54, 1.807) is 11.4 Å². The van der Waals surface area contributed by atoms with Crippen molar-refractivity contribution < 1.29 is 9.13 Å². The summed E-state index contributed by atoms with van der Waals surface area (Å²) in [6.45, 7) is 0.0916. The fraction of sp³-hybridized carbons (Fsp3) is 0.0833. The first-order chi connectivity index (χ1) is 9.22. The molecule has 7 heteroatoms. The minimum Gasteiger partial charge on any atom is -0.484 e. The third kappa shape index (κ3) is 2.45. The van der Waals surface area contributed by atoms with Crippen LogP contribution in [0, 0.1) is 5.95 Å². The summed E-state index contributed by atoms with van der Waals surface area (Å²) in [4.78, 5) is 22.1. The van der Waals surface area contributed by atoms with Gasteiger partial charge in [-0.25, -0.2) is 9.97 Å². The number of nitrogens with one attached hydrogen (secondary N) is 1. The van der Waals surface area contributed by atoms with Gasteiger partial charge in [-0.05, 0) is 23.6 Å². The van der Waals surface area contributed by atoms with Crippen LogP contribution in [-0.2, 0) is 6.61 Å². The summed E-state index contributed by atoms with van der Waals surface area (Å²) in [6, 6.07) is 4.44. The third-order valence-electron chi connectivity index (χ3n) is 2.44. The fourth-order valence-corrected chi connectivity index (χ4v) is 2.31. The van der Waals surface area contributed by atoms with Gasteiger partial charge in [-0.2, -0.15) is 4.39 Å². The highest BCUT2D eigenvalue weighted by atomic mass is 32.1. The van der Waals surface area contributed by atoms with Crippen LogP contribution in [0.2, 0.25) is 0 Å². The molecule has 3 aromatic heterocycles. The molecule has 0 atom stereocenters. The number of hydrogen-bond donors (Lipinski definition) is 1. The molecule has 3 rings (SSSR count). The minimum absolute atomic E-state index is 0.0916. The lowest BCUT2D eigenvalue weighted by Gasteiger charge is -2.04. The van der Waals surface area contributed by atoms with Gasteiger partial charge in [0.2, 0.25) is 5.95 Å². The molecule has 3 heterocycles. The molecular weight excluding hydrogens is 269 g/mol. The highest BCUT2D eigenvalue weighted by molar-refractivity contribution is 7.17. The van der Waals surface area contributed by atoms with Crippen molar-refractivity contribution in [3.63, 3.8) is 0 Å². The maximum absolute atomic E-state index is 12.6. The van der Waals surface area contributed by atoms with Crippen molar-refractivity contribution in [1.82, 2.24) is 15.0 Å². The second-order valence-corrected chi connectivity index (χ2v) is 4.67. The van der Waals surface area contributed by atoms with Crippen molar-refractivity contribution in [3.05, 3.63) is 51.9 Å². The Kier molecular flexibility index (Phi) is 2.96. The van der Waals surface area contributed by atoms with Crippen molar-refractivity contribution >= 4 is 21.6 Å². The van der Waals surface area contributed by atoms with E-state index in [2.05, 4.69) is 15.0 Å². The molecule has 0 radical (unpaired) electrons. The van der Waals surface area contributed by atoms with E-state index in [1.807, 2.05) is 0 Å². The zero-order valence-corrected chi connectivity index (χ0v) is 10.4. The molecule has 0 spiro atoms. The first kappa shape index (κ1) is 11.8. The van der Waals surface area contributed by atoms with E-state index in [4.69, 9.17) is 4.74 Å². The number of hydrogen-bond acceptors (Lipinski definition) is 5. The molecule has 0 saturated heterocycles. The maximum Gasteiger partial charge on any atom is 0.268 e. The lowest BCUT2D eigenvalue weighted by atomic mass is 10.4. The number of nitrogens with zero attached hydrogens (tertiary/aromatic N) is 2. The summed E-state index contributed by atoms with van der Waals surface area (Å²) >= 11 is 1.34. The molecule has 0 aliphatic rings. The molecular formula is C12H8FN3O2S. The molecule has 0 aliphatic carbocycles. The number of fused-ring (bicyclic) bond motifs is 1. The van der Waals surface area contributed by atoms with E-state index in [9.17, 15) is 9.18 Å². The van der Waals surface area contributed by atoms with Gasteiger partial charge in [0.25, 0.3) is 5.56 Å². The number of aromatic nitrogens is 3. The van der Waals surface area contributed by atoms with Gasteiger partial charge in [-0.15, -0.1) is 11.3 Å². The van der Waals surface area contributed by atoms with E-state index >= 15 is 0 Å². The quantitative estimate of drug-likeness (QED) is 0.744. The molecule has 1 N–H and O–H groups in total. The molecule has 0 unspecified atom stereocenters. The molecule has 3 aromatic rings. The number of H-pyrrole nitrogens is 1. The monoisotopic (exact) mass is 277 g/mol. The molecule has 0 aromatic carbocycles. The Balaban J connectivity index is 1.81. The molecule has 0 aliphatic heterocycles. The first-order valence-electron chi connectivity index (χ1n) is 5.43. The van der Waals surface area contributed by atoms with E-state index in [0.29, 0.717) is 21.8 Å². The van der Waals surface area contributed by atoms with Gasteiger partial charge in [-0.1, -0.05) is 0 Å². The summed E-state index contributed by atoms with van der Waals surface area (Å²) in [7, 11) is 0. The number of thiophene rings is 1. The fourth-order valence-electron chi connectivity index (χ4n) is 1.59. The average molecular weight is 277 g/mol. The Morgan fingerprint density at radius 3 is 3.05 bits per heavy atom. The summed E-state index contributed by atoms with van der Waals surface area (Å²) in [5.41, 5.74) is 0.459. The predicted molar refractivity (Wildman–Crippen MR) is 68.8 cm³/mol. The molecule has 0 amide bonds. The van der Waals surface area contributed by atoms with Gasteiger partial charge in [0.1, 0.15) is 22.9 Å². The average Bonchev–Trinajstić information content (AvgIpc) is 2.87. The number of pyridine rings is 1. The molecule has 0 fully saturated rings. The Morgan fingerprint density at radius 1 is 1.37 bits per heavy atom. The van der Waals surface area contributed by atoms with Crippen LogP contribution >= 0.6 is 11.3 Å². The molecule has 19 heavy (non-hydrogen) atoms. The number of aromatic amines is 1. The van der Waals surface area contributed by atoms with Gasteiger partial charge in [-0.3, -0.25) is 4.79 Å². The van der Waals surface area contributed by atoms with Crippen molar-refractivity contribution in [3.8, 4) is 5.75 Å². The van der Waals surface area contributed by atoms with Crippen LogP contribution < -0.4 is 10.3 Å². The highest BCUT2D eigenvalue weighted by Crippen LogP contribution is 2.14. The van der Waals surface area contributed by atoms with E-state index in [0.717, 1.165) is 0 Å². The Bertz CT molecular complexity index is 766. The second-order valence-electron chi connectivity index (χ2n) is 3.75. The summed E-state index contributed by atoms with van der Waals surface area (Å²) in [5.74, 6) is 0.258. The van der Waals surface area contributed by atoms with Gasteiger partial charge >= 0.3 is 0 Å². The van der Waals surface area contributed by atoms with E-state index in [-0.39, 0.29) is 12.2 Å². The molecule has 0 saturated carbocycles. The minimum atomic E-state index is -0.571. The van der Waals surface area contributed by atoms with Crippen LogP contribution in [0.3, 0.4) is 0 Å². The van der Waals surface area contributed by atoms with E-state index in [1.165, 1.54) is 29.7 Å². The predicted octanol–water partition coefficient (Wildman–Crippen LogP) is 2.10. The number of rotatable bonds is 3. The van der Waals surface area contributed by atoms with E-state index < -0.39 is 5.95 Å². The maximum atomic E-state index is 12.6. The van der Waals surface area contributed by atoms with Crippen molar-refractivity contribution in [2.45, 2.75) is 6.61 Å². The topological polar surface area (TPSA) is 67.9 Å². The van der Waals surface area contributed by atoms with Crippen LogP contribution in [-0.4, -0.2) is 15.0 Å². The van der Waals surface area contributed by atoms with Crippen molar-refractivity contribution in [2.24, 2.45) is 0 Å². The van der Waals surface area contributed by atoms with Crippen LogP contribution in [0.15, 0.2) is 34.6 Å². The van der Waals surface area contributed by atoms with Crippen LogP contribution in [0.4, 0.5) is 4.39 Å². The summed E-state index contributed by atoms with van der Waals surface area (Å²) in [5, 5.41) is 1.81. The zero-order chi connectivity index (χ0) is 13.2. The Morgan fingerprint density at radius 2 is 2.26 bits per heavy atom. The summed E-state index contributed by atoms with van der Waals surface area (Å²) in [6.07, 6.45) is 1.27. The third-order valence-corrected chi connectivity index (χ3v) is 3.34. The van der Waals surface area contributed by atoms with Crippen molar-refractivity contribution in [2.75, 3.05) is 0 Å². The lowest BCUT2D eigenvalue weighted by molar-refractivity contribution is 0.294. The number of halogens is 1. The summed E-state index contributed by atoms with van der Waals surface area (Å²) < 4.78 is 18.6. The zero-order valence-electron chi connectivity index (χ0n) is 9.59. The Labute approximate surface area is 110 Å². The normalized spacial score (nSPS) is 10.8. The van der Waals surface area contributed by atoms with Crippen LogP contribution in [0.1, 0.15) is 5.82 Å². The molecule has 96 valence electrons. The van der Waals surface area contributed by atoms with Gasteiger partial charge in [0, 0.05) is 0 Å². The smallest absolute Gasteiger partial charge is 0.268 e. The Hall–Kier alpha value is -2.28. The standard InChI is InChI=1S/C12H8FN3O2S/c13-9-2-1-7(5-14-9)18-6-10-15-8-3-4-19-11(8)12(17)16-10/h1-5H,6H2,(H,15,16,17). The van der Waals surface area contributed by atoms with Crippen molar-refractivity contribution in [1.29, 1.82) is 0 Å². The highest BCUT2D eigenvalue weighted by Gasteiger charge is 2.05. The van der Waals surface area contributed by atoms with Gasteiger partial charge < -0.3 is 9.72 Å². The molecule has 5 nitrogen and oxygen atoms in total. The van der Waals surface area contributed by atoms with Crippen LogP contribution in [0.5, 0.6) is 5.75 Å². The SMILES string of the molecule is O=c1[nH]c(COc2ccc(F)nc2)nc2ccsc12. The van der Waals surface area contributed by atoms with Gasteiger partial charge in [0.05, 0.1) is 11.7 Å². The lowest BCUT2D eigenvalue weighted by Crippen LogP contribution is -2.12. The van der Waals surface area contributed by atoms with Crippen LogP contribution in [0.25, 0.3) is 10.2 Å². The molecule has 0 bridgehead atoms.